The minimum atomic E-state index is -0.526. The van der Waals surface area contributed by atoms with Gasteiger partial charge in [0.05, 0.1) is 24.3 Å². The average molecular weight is 538 g/mol. The Kier molecular flexibility index (Phi) is 10.5. The van der Waals surface area contributed by atoms with Crippen LogP contribution in [0.2, 0.25) is 0 Å². The molecule has 0 bridgehead atoms. The minimum Gasteiger partial charge on any atom is -0.466 e. The molecule has 0 saturated heterocycles. The summed E-state index contributed by atoms with van der Waals surface area (Å²) in [6.07, 6.45) is 2.91. The predicted molar refractivity (Wildman–Crippen MR) is 149 cm³/mol. The van der Waals surface area contributed by atoms with Crippen molar-refractivity contribution >= 4 is 35.3 Å². The molecule has 2 aromatic rings. The van der Waals surface area contributed by atoms with Gasteiger partial charge >= 0.3 is 12.1 Å². The van der Waals surface area contributed by atoms with Crippen LogP contribution in [0.3, 0.4) is 0 Å². The number of aryl methyl sites for hydroxylation is 1. The van der Waals surface area contributed by atoms with Crippen LogP contribution in [0.25, 0.3) is 0 Å². The first kappa shape index (κ1) is 29.7. The van der Waals surface area contributed by atoms with Gasteiger partial charge in [-0.25, -0.2) is 4.79 Å². The van der Waals surface area contributed by atoms with Crippen molar-refractivity contribution in [1.82, 2.24) is 10.2 Å². The van der Waals surface area contributed by atoms with Gasteiger partial charge in [0.2, 0.25) is 0 Å². The van der Waals surface area contributed by atoms with E-state index in [1.54, 1.807) is 11.8 Å². The fraction of sp³-hybridized carbons (Fsp3) is 0.467. The van der Waals surface area contributed by atoms with Gasteiger partial charge in [0, 0.05) is 18.8 Å². The lowest BCUT2D eigenvalue weighted by molar-refractivity contribution is -0.143. The number of hydrogen-bond donors (Lipinski definition) is 1. The first-order valence-corrected chi connectivity index (χ1v) is 13.5. The second-order valence-electron chi connectivity index (χ2n) is 10.4. The molecule has 1 N–H and O–H groups in total. The number of benzene rings is 2. The maximum absolute atomic E-state index is 13.6. The summed E-state index contributed by atoms with van der Waals surface area (Å²) in [5.74, 6) is -0.941. The number of unbranched alkanes of at least 4 members (excludes halogenated alkanes) is 2. The van der Waals surface area contributed by atoms with E-state index in [1.807, 2.05) is 69.3 Å². The Morgan fingerprint density at radius 1 is 1.00 bits per heavy atom. The van der Waals surface area contributed by atoms with E-state index in [2.05, 4.69) is 5.32 Å². The number of anilines is 2. The third-order valence-electron chi connectivity index (χ3n) is 6.11. The number of amides is 3. The van der Waals surface area contributed by atoms with Gasteiger partial charge in [0.15, 0.2) is 0 Å². The fourth-order valence-corrected chi connectivity index (χ4v) is 4.35. The zero-order chi connectivity index (χ0) is 28.4. The molecular weight excluding hydrogens is 498 g/mol. The first-order valence-electron chi connectivity index (χ1n) is 13.5. The Bertz CT molecular complexity index is 1160. The smallest absolute Gasteiger partial charge is 0.407 e. The molecule has 9 nitrogen and oxygen atoms in total. The van der Waals surface area contributed by atoms with Gasteiger partial charge < -0.3 is 19.7 Å². The summed E-state index contributed by atoms with van der Waals surface area (Å²) in [4.78, 5) is 53.7. The Hall–Kier alpha value is -3.88. The highest BCUT2D eigenvalue weighted by Gasteiger charge is 2.33. The number of rotatable bonds is 11. The molecule has 39 heavy (non-hydrogen) atoms. The van der Waals surface area contributed by atoms with E-state index in [-0.39, 0.29) is 37.9 Å². The van der Waals surface area contributed by atoms with Gasteiger partial charge in [-0.05, 0) is 76.8 Å². The Balaban J connectivity index is 1.71. The van der Waals surface area contributed by atoms with Gasteiger partial charge in [0.1, 0.15) is 12.1 Å². The Morgan fingerprint density at radius 2 is 1.74 bits per heavy atom. The highest BCUT2D eigenvalue weighted by molar-refractivity contribution is 6.13. The molecule has 210 valence electrons. The minimum absolute atomic E-state index is 0.0184. The number of carbonyl (C=O) groups is 4. The molecule has 0 saturated carbocycles. The molecule has 0 aromatic heterocycles. The van der Waals surface area contributed by atoms with Crippen LogP contribution in [0.5, 0.6) is 0 Å². The number of ether oxygens (including phenoxy) is 2. The molecule has 0 spiro atoms. The molecule has 0 radical (unpaired) electrons. The van der Waals surface area contributed by atoms with Gasteiger partial charge in [-0.1, -0.05) is 30.7 Å². The zero-order valence-electron chi connectivity index (χ0n) is 23.3. The van der Waals surface area contributed by atoms with E-state index in [0.717, 1.165) is 31.2 Å². The lowest BCUT2D eigenvalue weighted by atomic mass is 10.0. The van der Waals surface area contributed by atoms with Crippen LogP contribution in [0.1, 0.15) is 69.3 Å². The Morgan fingerprint density at radius 3 is 2.44 bits per heavy atom. The van der Waals surface area contributed by atoms with E-state index in [9.17, 15) is 19.2 Å². The summed E-state index contributed by atoms with van der Waals surface area (Å²) in [6, 6.07) is 14.9. The highest BCUT2D eigenvalue weighted by Crippen LogP contribution is 2.33. The van der Waals surface area contributed by atoms with Gasteiger partial charge in [0.25, 0.3) is 11.8 Å². The number of nitrogens with zero attached hydrogens (tertiary/aromatic N) is 2. The van der Waals surface area contributed by atoms with E-state index < -0.39 is 17.7 Å². The van der Waals surface area contributed by atoms with Crippen LogP contribution in [0.15, 0.2) is 48.5 Å². The van der Waals surface area contributed by atoms with Crippen molar-refractivity contribution in [2.75, 3.05) is 31.1 Å². The maximum atomic E-state index is 13.6. The summed E-state index contributed by atoms with van der Waals surface area (Å²) in [5.41, 5.74) is 2.09. The van der Waals surface area contributed by atoms with Crippen molar-refractivity contribution in [1.29, 1.82) is 0 Å². The molecular formula is C30H39N3O6. The average Bonchev–Trinajstić information content (AvgIpc) is 2.98. The SMILES string of the molecule is CCOC(=O)CCN1CC(=O)N(c2ccccc2)c2ccc(CCCCCNC(=O)OC(C)(C)C)cc2C1=O. The molecule has 3 rings (SSSR count). The molecule has 2 aromatic carbocycles. The lowest BCUT2D eigenvalue weighted by Crippen LogP contribution is -2.38. The van der Waals surface area contributed by atoms with Crippen molar-refractivity contribution in [3.8, 4) is 0 Å². The molecule has 0 aliphatic carbocycles. The summed E-state index contributed by atoms with van der Waals surface area (Å²) < 4.78 is 10.3. The second-order valence-corrected chi connectivity index (χ2v) is 10.4. The standard InChI is InChI=1S/C30H39N3O6/c1-5-38-27(35)17-19-32-21-26(34)33(23-13-9-6-10-14-23)25-16-15-22(20-24(25)28(32)36)12-8-7-11-18-31-29(37)39-30(2,3)4/h6,9-10,13-16,20H,5,7-8,11-12,17-19,21H2,1-4H3,(H,31,37). The number of hydrogen-bond acceptors (Lipinski definition) is 6. The second kappa shape index (κ2) is 13.8. The van der Waals surface area contributed by atoms with Crippen LogP contribution in [-0.2, 0) is 25.5 Å². The normalized spacial score (nSPS) is 13.5. The number of para-hydroxylation sites is 1. The number of esters is 1. The van der Waals surface area contributed by atoms with E-state index >= 15 is 0 Å². The van der Waals surface area contributed by atoms with Crippen molar-refractivity contribution < 1.29 is 28.7 Å². The summed E-state index contributed by atoms with van der Waals surface area (Å²) in [7, 11) is 0. The molecule has 1 aliphatic rings. The quantitative estimate of drug-likeness (QED) is 0.320. The van der Waals surface area contributed by atoms with E-state index in [4.69, 9.17) is 9.47 Å². The lowest BCUT2D eigenvalue weighted by Gasteiger charge is -2.23. The van der Waals surface area contributed by atoms with Crippen molar-refractivity contribution in [3.63, 3.8) is 0 Å². The predicted octanol–water partition coefficient (Wildman–Crippen LogP) is 5.00. The number of alkyl carbamates (subject to hydrolysis) is 1. The maximum Gasteiger partial charge on any atom is 0.407 e. The molecule has 1 aliphatic heterocycles. The van der Waals surface area contributed by atoms with Crippen LogP contribution in [0.4, 0.5) is 16.2 Å². The topological polar surface area (TPSA) is 105 Å². The first-order chi connectivity index (χ1) is 18.6. The van der Waals surface area contributed by atoms with E-state index in [1.165, 1.54) is 4.90 Å². The molecule has 1 heterocycles. The molecule has 3 amide bonds. The molecule has 0 atom stereocenters. The molecule has 0 fully saturated rings. The summed E-state index contributed by atoms with van der Waals surface area (Å²) >= 11 is 0. The third kappa shape index (κ3) is 8.84. The number of fused-ring (bicyclic) bond motifs is 1. The van der Waals surface area contributed by atoms with Gasteiger partial charge in [-0.2, -0.15) is 0 Å². The van der Waals surface area contributed by atoms with Gasteiger partial charge in [-0.3, -0.25) is 19.3 Å². The van der Waals surface area contributed by atoms with Crippen LogP contribution < -0.4 is 10.2 Å². The van der Waals surface area contributed by atoms with Crippen LogP contribution in [0, 0.1) is 0 Å². The Labute approximate surface area is 230 Å². The van der Waals surface area contributed by atoms with Crippen molar-refractivity contribution in [3.05, 3.63) is 59.7 Å². The third-order valence-corrected chi connectivity index (χ3v) is 6.11. The monoisotopic (exact) mass is 537 g/mol. The molecule has 9 heteroatoms. The molecule has 0 unspecified atom stereocenters. The zero-order valence-corrected chi connectivity index (χ0v) is 23.3. The number of carbonyl (C=O) groups excluding carboxylic acids is 4. The van der Waals surface area contributed by atoms with E-state index in [0.29, 0.717) is 23.5 Å². The largest absolute Gasteiger partial charge is 0.466 e. The van der Waals surface area contributed by atoms with Crippen LogP contribution >= 0.6 is 0 Å². The number of nitrogens with one attached hydrogen (secondary N) is 1. The van der Waals surface area contributed by atoms with Crippen molar-refractivity contribution in [2.24, 2.45) is 0 Å². The summed E-state index contributed by atoms with van der Waals surface area (Å²) in [5, 5.41) is 2.77. The highest BCUT2D eigenvalue weighted by atomic mass is 16.6. The summed E-state index contributed by atoms with van der Waals surface area (Å²) in [6.45, 7) is 7.96. The van der Waals surface area contributed by atoms with Crippen LogP contribution in [-0.4, -0.2) is 60.6 Å². The van der Waals surface area contributed by atoms with Gasteiger partial charge in [-0.15, -0.1) is 0 Å². The van der Waals surface area contributed by atoms with Crippen molar-refractivity contribution in [2.45, 2.75) is 65.4 Å². The fourth-order valence-electron chi connectivity index (χ4n) is 4.35.